The van der Waals surface area contributed by atoms with E-state index in [1.807, 2.05) is 30.3 Å². The number of amides is 1. The highest BCUT2D eigenvalue weighted by Gasteiger charge is 2.60. The maximum Gasteiger partial charge on any atom is 0.307 e. The molecule has 10 nitrogen and oxygen atoms in total. The third-order valence-electron chi connectivity index (χ3n) is 7.14. The maximum atomic E-state index is 13.1. The number of carbonyl (C=O) groups excluding carboxylic acids is 1. The number of benzene rings is 1. The second kappa shape index (κ2) is 9.18. The van der Waals surface area contributed by atoms with Crippen molar-refractivity contribution < 1.29 is 24.2 Å². The van der Waals surface area contributed by atoms with Gasteiger partial charge in [-0.1, -0.05) is 12.1 Å². The van der Waals surface area contributed by atoms with Crippen LogP contribution in [0, 0.1) is 17.8 Å². The van der Waals surface area contributed by atoms with Gasteiger partial charge in [-0.3, -0.25) is 14.3 Å². The van der Waals surface area contributed by atoms with E-state index in [2.05, 4.69) is 10.4 Å². The molecule has 2 unspecified atom stereocenters. The van der Waals surface area contributed by atoms with Crippen LogP contribution in [0.5, 0.6) is 5.75 Å². The number of nitrogens with zero attached hydrogens (tertiary/aromatic N) is 4. The molecule has 2 N–H and O–H groups in total. The SMILES string of the molecule is COCc1cc(C(=O)Nc2cc(C3CC4C(C3)C4C(=O)O)nn2Cc2ccc(OC)cc2)n(C)n1. The van der Waals surface area contributed by atoms with Crippen LogP contribution in [-0.2, 0) is 29.7 Å². The fourth-order valence-electron chi connectivity index (χ4n) is 5.35. The van der Waals surface area contributed by atoms with E-state index in [9.17, 15) is 14.7 Å². The van der Waals surface area contributed by atoms with Crippen molar-refractivity contribution in [3.05, 3.63) is 59.0 Å². The molecule has 2 aliphatic carbocycles. The van der Waals surface area contributed by atoms with Crippen molar-refractivity contribution in [1.29, 1.82) is 0 Å². The number of rotatable bonds is 9. The third kappa shape index (κ3) is 4.53. The van der Waals surface area contributed by atoms with Crippen molar-refractivity contribution in [2.45, 2.75) is 31.9 Å². The average Bonchev–Trinajstić information content (AvgIpc) is 3.15. The molecule has 0 aliphatic heterocycles. The minimum atomic E-state index is -0.694. The number of aromatic nitrogens is 4. The largest absolute Gasteiger partial charge is 0.497 e. The number of aliphatic carboxylic acids is 1. The van der Waals surface area contributed by atoms with Crippen LogP contribution < -0.4 is 10.1 Å². The molecule has 0 spiro atoms. The molecule has 0 radical (unpaired) electrons. The summed E-state index contributed by atoms with van der Waals surface area (Å²) in [5.74, 6) is 0.823. The number of carboxylic acid groups (broad SMARTS) is 1. The van der Waals surface area contributed by atoms with E-state index in [-0.39, 0.29) is 29.6 Å². The minimum absolute atomic E-state index is 0.193. The van der Waals surface area contributed by atoms with Crippen molar-refractivity contribution >= 4 is 17.7 Å². The summed E-state index contributed by atoms with van der Waals surface area (Å²) in [5.41, 5.74) is 2.99. The van der Waals surface area contributed by atoms with Gasteiger partial charge in [0, 0.05) is 26.1 Å². The first-order valence-corrected chi connectivity index (χ1v) is 11.6. The van der Waals surface area contributed by atoms with Crippen molar-refractivity contribution in [3.63, 3.8) is 0 Å². The lowest BCUT2D eigenvalue weighted by Gasteiger charge is -2.10. The predicted molar refractivity (Wildman–Crippen MR) is 126 cm³/mol. The maximum absolute atomic E-state index is 13.1. The first-order valence-electron chi connectivity index (χ1n) is 11.6. The van der Waals surface area contributed by atoms with Crippen LogP contribution >= 0.6 is 0 Å². The van der Waals surface area contributed by atoms with Crippen molar-refractivity contribution in [2.75, 3.05) is 19.5 Å². The smallest absolute Gasteiger partial charge is 0.307 e. The Morgan fingerprint density at radius 1 is 1.11 bits per heavy atom. The molecule has 2 saturated carbocycles. The summed E-state index contributed by atoms with van der Waals surface area (Å²) in [6.07, 6.45) is 1.63. The molecule has 5 rings (SSSR count). The fraction of sp³-hybridized carbons (Fsp3) is 0.440. The van der Waals surface area contributed by atoms with Gasteiger partial charge in [0.1, 0.15) is 17.3 Å². The van der Waals surface area contributed by atoms with Crippen molar-refractivity contribution in [1.82, 2.24) is 19.6 Å². The number of hydrogen-bond acceptors (Lipinski definition) is 6. The van der Waals surface area contributed by atoms with Gasteiger partial charge in [-0.15, -0.1) is 0 Å². The molecule has 1 amide bonds. The topological polar surface area (TPSA) is 120 Å². The lowest BCUT2D eigenvalue weighted by Crippen LogP contribution is -2.19. The molecule has 2 fully saturated rings. The number of methoxy groups -OCH3 is 2. The Morgan fingerprint density at radius 3 is 2.46 bits per heavy atom. The first-order chi connectivity index (χ1) is 16.9. The molecule has 184 valence electrons. The molecule has 2 heterocycles. The van der Waals surface area contributed by atoms with Gasteiger partial charge < -0.3 is 19.9 Å². The molecule has 3 aromatic rings. The number of carboxylic acids is 1. The molecular weight excluding hydrogens is 450 g/mol. The molecule has 10 heteroatoms. The van der Waals surface area contributed by atoms with E-state index in [1.165, 1.54) is 4.68 Å². The highest BCUT2D eigenvalue weighted by molar-refractivity contribution is 6.02. The molecule has 2 aliphatic rings. The summed E-state index contributed by atoms with van der Waals surface area (Å²) in [6.45, 7) is 0.791. The first kappa shape index (κ1) is 23.1. The monoisotopic (exact) mass is 479 g/mol. The summed E-state index contributed by atoms with van der Waals surface area (Å²) in [6, 6.07) is 11.3. The van der Waals surface area contributed by atoms with Crippen LogP contribution in [0.1, 0.15) is 46.2 Å². The van der Waals surface area contributed by atoms with E-state index < -0.39 is 5.97 Å². The number of aryl methyl sites for hydroxylation is 1. The van der Waals surface area contributed by atoms with E-state index in [0.29, 0.717) is 30.4 Å². The molecule has 1 aromatic carbocycles. The lowest BCUT2D eigenvalue weighted by molar-refractivity contribution is -0.139. The summed E-state index contributed by atoms with van der Waals surface area (Å²) in [7, 11) is 4.93. The number of nitrogens with one attached hydrogen (secondary N) is 1. The highest BCUT2D eigenvalue weighted by Crippen LogP contribution is 2.62. The molecule has 0 saturated heterocycles. The Hall–Kier alpha value is -3.66. The molecule has 35 heavy (non-hydrogen) atoms. The normalized spacial score (nSPS) is 22.6. The van der Waals surface area contributed by atoms with Gasteiger partial charge in [-0.25, -0.2) is 4.68 Å². The second-order valence-corrected chi connectivity index (χ2v) is 9.35. The number of ether oxygens (including phenoxy) is 2. The van der Waals surface area contributed by atoms with E-state index >= 15 is 0 Å². The molecular formula is C25H29N5O5. The Morgan fingerprint density at radius 2 is 1.83 bits per heavy atom. The summed E-state index contributed by atoms with van der Waals surface area (Å²) in [4.78, 5) is 24.5. The third-order valence-corrected chi connectivity index (χ3v) is 7.14. The standard InChI is InChI=1S/C25H29N5O5/c1-29-21(10-16(27-29)13-34-2)24(31)26-22-11-20(15-8-18-19(9-15)23(18)25(32)33)28-30(22)12-14-4-6-17(35-3)7-5-14/h4-7,10-11,15,18-19,23H,8-9,12-13H2,1-3H3,(H,26,31)(H,32,33). The van der Waals surface area contributed by atoms with Crippen LogP contribution in [-0.4, -0.2) is 50.8 Å². The van der Waals surface area contributed by atoms with Gasteiger partial charge in [0.05, 0.1) is 37.6 Å². The Balaban J connectivity index is 1.38. The van der Waals surface area contributed by atoms with E-state index in [4.69, 9.17) is 14.6 Å². The zero-order chi connectivity index (χ0) is 24.7. The zero-order valence-corrected chi connectivity index (χ0v) is 20.0. The van der Waals surface area contributed by atoms with Gasteiger partial charge in [-0.05, 0) is 48.4 Å². The highest BCUT2D eigenvalue weighted by atomic mass is 16.5. The van der Waals surface area contributed by atoms with Gasteiger partial charge in [0.25, 0.3) is 5.91 Å². The zero-order valence-electron chi connectivity index (χ0n) is 20.0. The minimum Gasteiger partial charge on any atom is -0.497 e. The molecule has 2 aromatic heterocycles. The molecule has 2 atom stereocenters. The quantitative estimate of drug-likeness (QED) is 0.484. The van der Waals surface area contributed by atoms with Crippen LogP contribution in [0.15, 0.2) is 36.4 Å². The van der Waals surface area contributed by atoms with Crippen LogP contribution in [0.25, 0.3) is 0 Å². The van der Waals surface area contributed by atoms with Gasteiger partial charge in [0.2, 0.25) is 0 Å². The number of carbonyl (C=O) groups is 2. The van der Waals surface area contributed by atoms with Crippen LogP contribution in [0.3, 0.4) is 0 Å². The Bertz CT molecular complexity index is 1240. The van der Waals surface area contributed by atoms with Crippen molar-refractivity contribution in [2.24, 2.45) is 24.8 Å². The summed E-state index contributed by atoms with van der Waals surface area (Å²) < 4.78 is 13.7. The van der Waals surface area contributed by atoms with Gasteiger partial charge in [0.15, 0.2) is 0 Å². The van der Waals surface area contributed by atoms with E-state index in [1.54, 1.807) is 32.0 Å². The van der Waals surface area contributed by atoms with Crippen molar-refractivity contribution in [3.8, 4) is 5.75 Å². The summed E-state index contributed by atoms with van der Waals surface area (Å²) >= 11 is 0. The summed E-state index contributed by atoms with van der Waals surface area (Å²) in [5, 5.41) is 21.5. The predicted octanol–water partition coefficient (Wildman–Crippen LogP) is 2.90. The average molecular weight is 480 g/mol. The fourth-order valence-corrected chi connectivity index (χ4v) is 5.35. The van der Waals surface area contributed by atoms with Crippen LogP contribution in [0.4, 0.5) is 5.82 Å². The number of hydrogen-bond donors (Lipinski definition) is 2. The van der Waals surface area contributed by atoms with Crippen LogP contribution in [0.2, 0.25) is 0 Å². The van der Waals surface area contributed by atoms with E-state index in [0.717, 1.165) is 29.8 Å². The molecule has 0 bridgehead atoms. The number of anilines is 1. The van der Waals surface area contributed by atoms with Gasteiger partial charge >= 0.3 is 5.97 Å². The second-order valence-electron chi connectivity index (χ2n) is 9.35. The Labute approximate surface area is 202 Å². The number of fused-ring (bicyclic) bond motifs is 1. The lowest BCUT2D eigenvalue weighted by atomic mass is 9.97. The van der Waals surface area contributed by atoms with Gasteiger partial charge in [-0.2, -0.15) is 10.2 Å². The Kier molecular flexibility index (Phi) is 6.06.